The van der Waals surface area contributed by atoms with Crippen LogP contribution >= 0.6 is 0 Å². The van der Waals surface area contributed by atoms with E-state index in [1.807, 2.05) is 30.3 Å². The summed E-state index contributed by atoms with van der Waals surface area (Å²) in [5.74, 6) is -0.386. The minimum atomic E-state index is -0.767. The first-order chi connectivity index (χ1) is 14.1. The van der Waals surface area contributed by atoms with Gasteiger partial charge in [0.25, 0.3) is 0 Å². The SMILES string of the molecule is CCOC(=O)CNCC1(NC(=O)OCc2ccccc2)CN(C(=O)OC(C)(C)C)C1. The normalized spacial score (nSPS) is 15.0. The van der Waals surface area contributed by atoms with Gasteiger partial charge in [0.05, 0.1) is 31.8 Å². The van der Waals surface area contributed by atoms with Crippen molar-refractivity contribution in [2.75, 3.05) is 32.8 Å². The molecule has 30 heavy (non-hydrogen) atoms. The average Bonchev–Trinajstić information content (AvgIpc) is 2.63. The van der Waals surface area contributed by atoms with Gasteiger partial charge in [-0.1, -0.05) is 30.3 Å². The van der Waals surface area contributed by atoms with Gasteiger partial charge in [0.2, 0.25) is 0 Å². The van der Waals surface area contributed by atoms with E-state index in [0.717, 1.165) is 5.56 Å². The van der Waals surface area contributed by atoms with Gasteiger partial charge in [0, 0.05) is 6.54 Å². The summed E-state index contributed by atoms with van der Waals surface area (Å²) < 4.78 is 15.6. The van der Waals surface area contributed by atoms with E-state index >= 15 is 0 Å². The molecule has 0 atom stereocenters. The smallest absolute Gasteiger partial charge is 0.410 e. The van der Waals surface area contributed by atoms with Gasteiger partial charge in [-0.05, 0) is 33.3 Å². The van der Waals surface area contributed by atoms with Crippen LogP contribution in [0.3, 0.4) is 0 Å². The third-order valence-corrected chi connectivity index (χ3v) is 4.26. The van der Waals surface area contributed by atoms with Gasteiger partial charge >= 0.3 is 18.2 Å². The fraction of sp³-hybridized carbons (Fsp3) is 0.571. The molecule has 9 heteroatoms. The number of carbonyl (C=O) groups is 3. The number of hydrogen-bond acceptors (Lipinski definition) is 7. The lowest BCUT2D eigenvalue weighted by Gasteiger charge is -2.49. The molecule has 1 aromatic carbocycles. The molecule has 2 rings (SSSR count). The Morgan fingerprint density at radius 2 is 1.77 bits per heavy atom. The predicted octanol–water partition coefficient (Wildman–Crippen LogP) is 2.05. The number of likely N-dealkylation sites (tertiary alicyclic amines) is 1. The van der Waals surface area contributed by atoms with E-state index in [4.69, 9.17) is 14.2 Å². The molecule has 1 saturated heterocycles. The van der Waals surface area contributed by atoms with Crippen molar-refractivity contribution in [2.45, 2.75) is 45.4 Å². The molecule has 1 aromatic rings. The second-order valence-corrected chi connectivity index (χ2v) is 8.21. The van der Waals surface area contributed by atoms with Crippen LogP contribution in [0.25, 0.3) is 0 Å². The van der Waals surface area contributed by atoms with E-state index in [2.05, 4.69) is 10.6 Å². The van der Waals surface area contributed by atoms with Crippen LogP contribution in [0.15, 0.2) is 30.3 Å². The maximum atomic E-state index is 12.3. The molecule has 0 radical (unpaired) electrons. The second kappa shape index (κ2) is 10.3. The zero-order valence-electron chi connectivity index (χ0n) is 18.0. The van der Waals surface area contributed by atoms with Crippen LogP contribution in [0.1, 0.15) is 33.3 Å². The first-order valence-electron chi connectivity index (χ1n) is 9.95. The molecular formula is C21H31N3O6. The molecule has 0 saturated carbocycles. The molecule has 0 aromatic heterocycles. The number of carbonyl (C=O) groups excluding carboxylic acids is 3. The molecule has 2 amide bonds. The Balaban J connectivity index is 1.91. The summed E-state index contributed by atoms with van der Waals surface area (Å²) >= 11 is 0. The Labute approximate surface area is 177 Å². The molecule has 166 valence electrons. The Bertz CT molecular complexity index is 726. The van der Waals surface area contributed by atoms with Gasteiger partial charge < -0.3 is 29.7 Å². The number of hydrogen-bond donors (Lipinski definition) is 2. The second-order valence-electron chi connectivity index (χ2n) is 8.21. The number of alkyl carbamates (subject to hydrolysis) is 1. The third-order valence-electron chi connectivity index (χ3n) is 4.26. The van der Waals surface area contributed by atoms with Crippen molar-refractivity contribution in [2.24, 2.45) is 0 Å². The first kappa shape index (κ1) is 23.5. The standard InChI is InChI=1S/C21H31N3O6/c1-5-28-17(25)11-22-13-21(14-24(15-21)19(27)30-20(2,3)4)23-18(26)29-12-16-9-7-6-8-10-16/h6-10,22H,5,11-15H2,1-4H3,(H,23,26). The molecule has 0 unspecified atom stereocenters. The predicted molar refractivity (Wildman–Crippen MR) is 110 cm³/mol. The number of nitrogens with one attached hydrogen (secondary N) is 2. The summed E-state index contributed by atoms with van der Waals surface area (Å²) in [4.78, 5) is 37.7. The van der Waals surface area contributed by atoms with Crippen molar-refractivity contribution >= 4 is 18.2 Å². The lowest BCUT2D eigenvalue weighted by atomic mass is 9.90. The summed E-state index contributed by atoms with van der Waals surface area (Å²) in [5, 5.41) is 5.80. The number of amides is 2. The van der Waals surface area contributed by atoms with Crippen molar-refractivity contribution in [1.82, 2.24) is 15.5 Å². The lowest BCUT2D eigenvalue weighted by Crippen LogP contribution is -2.75. The van der Waals surface area contributed by atoms with Crippen LogP contribution < -0.4 is 10.6 Å². The number of esters is 1. The Kier molecular flexibility index (Phi) is 8.05. The van der Waals surface area contributed by atoms with Crippen molar-refractivity contribution in [3.8, 4) is 0 Å². The number of nitrogens with zero attached hydrogens (tertiary/aromatic N) is 1. The van der Waals surface area contributed by atoms with E-state index in [9.17, 15) is 14.4 Å². The zero-order valence-corrected chi connectivity index (χ0v) is 18.0. The summed E-state index contributed by atoms with van der Waals surface area (Å²) in [6.45, 7) is 8.27. The van der Waals surface area contributed by atoms with Crippen LogP contribution in [0.2, 0.25) is 0 Å². The molecule has 9 nitrogen and oxygen atoms in total. The van der Waals surface area contributed by atoms with E-state index in [1.54, 1.807) is 27.7 Å². The molecule has 1 aliphatic heterocycles. The highest BCUT2D eigenvalue weighted by Crippen LogP contribution is 2.23. The van der Waals surface area contributed by atoms with Crippen molar-refractivity contribution in [3.63, 3.8) is 0 Å². The van der Waals surface area contributed by atoms with Crippen LogP contribution in [0.5, 0.6) is 0 Å². The highest BCUT2D eigenvalue weighted by Gasteiger charge is 2.47. The molecule has 1 heterocycles. The summed E-state index contributed by atoms with van der Waals surface area (Å²) in [5.41, 5.74) is -0.511. The van der Waals surface area contributed by atoms with Crippen molar-refractivity contribution in [3.05, 3.63) is 35.9 Å². The summed E-state index contributed by atoms with van der Waals surface area (Å²) in [6.07, 6.45) is -1.05. The number of rotatable bonds is 8. The largest absolute Gasteiger partial charge is 0.465 e. The van der Waals surface area contributed by atoms with Crippen LogP contribution in [-0.2, 0) is 25.6 Å². The minimum absolute atomic E-state index is 0.00275. The fourth-order valence-corrected chi connectivity index (χ4v) is 2.97. The Hall–Kier alpha value is -2.81. The maximum absolute atomic E-state index is 12.3. The quantitative estimate of drug-likeness (QED) is 0.489. The molecule has 0 spiro atoms. The third kappa shape index (κ3) is 7.55. The molecule has 0 bridgehead atoms. The minimum Gasteiger partial charge on any atom is -0.465 e. The molecule has 1 fully saturated rings. The van der Waals surface area contributed by atoms with Gasteiger partial charge in [0.1, 0.15) is 12.2 Å². The Morgan fingerprint density at radius 1 is 1.10 bits per heavy atom. The van der Waals surface area contributed by atoms with Crippen molar-refractivity contribution in [1.29, 1.82) is 0 Å². The topological polar surface area (TPSA) is 106 Å². The van der Waals surface area contributed by atoms with Gasteiger partial charge in [0.15, 0.2) is 0 Å². The zero-order chi connectivity index (χ0) is 22.2. The molecule has 2 N–H and O–H groups in total. The number of benzene rings is 1. The molecular weight excluding hydrogens is 390 g/mol. The van der Waals surface area contributed by atoms with E-state index in [1.165, 1.54) is 4.90 Å². The highest BCUT2D eigenvalue weighted by molar-refractivity contribution is 5.73. The Morgan fingerprint density at radius 3 is 2.37 bits per heavy atom. The van der Waals surface area contributed by atoms with Gasteiger partial charge in [-0.3, -0.25) is 4.79 Å². The van der Waals surface area contributed by atoms with Crippen molar-refractivity contribution < 1.29 is 28.6 Å². The van der Waals surface area contributed by atoms with Crippen LogP contribution in [-0.4, -0.2) is 67.0 Å². The van der Waals surface area contributed by atoms with Gasteiger partial charge in [-0.25, -0.2) is 9.59 Å². The fourth-order valence-electron chi connectivity index (χ4n) is 2.97. The van der Waals surface area contributed by atoms with Crippen LogP contribution in [0.4, 0.5) is 9.59 Å². The first-order valence-corrected chi connectivity index (χ1v) is 9.95. The van der Waals surface area contributed by atoms with Gasteiger partial charge in [-0.2, -0.15) is 0 Å². The lowest BCUT2D eigenvalue weighted by molar-refractivity contribution is -0.142. The van der Waals surface area contributed by atoms with Gasteiger partial charge in [-0.15, -0.1) is 0 Å². The maximum Gasteiger partial charge on any atom is 0.410 e. The van der Waals surface area contributed by atoms with Crippen LogP contribution in [0, 0.1) is 0 Å². The average molecular weight is 421 g/mol. The molecule has 1 aliphatic rings. The van der Waals surface area contributed by atoms with E-state index in [0.29, 0.717) is 6.61 Å². The van der Waals surface area contributed by atoms with E-state index in [-0.39, 0.29) is 38.8 Å². The van der Waals surface area contributed by atoms with E-state index < -0.39 is 23.3 Å². The highest BCUT2D eigenvalue weighted by atomic mass is 16.6. The summed E-state index contributed by atoms with van der Waals surface area (Å²) in [6, 6.07) is 9.33. The monoisotopic (exact) mass is 421 g/mol. The summed E-state index contributed by atoms with van der Waals surface area (Å²) in [7, 11) is 0. The number of ether oxygens (including phenoxy) is 3. The molecule has 0 aliphatic carbocycles.